The molecule has 4 N–H and O–H groups in total. The minimum absolute atomic E-state index is 0.00664. The summed E-state index contributed by atoms with van der Waals surface area (Å²) >= 11 is 0. The van der Waals surface area contributed by atoms with Gasteiger partial charge in [0.05, 0.1) is 19.9 Å². The number of hydrogen-bond acceptors (Lipinski definition) is 11. The number of aromatic nitrogens is 3. The summed E-state index contributed by atoms with van der Waals surface area (Å²) in [4.78, 5) is 26.8. The molecule has 3 aromatic heterocycles. The van der Waals surface area contributed by atoms with Crippen LogP contribution in [-0.2, 0) is 11.3 Å². The lowest BCUT2D eigenvalue weighted by Crippen LogP contribution is -2.42. The van der Waals surface area contributed by atoms with E-state index in [1.165, 1.54) is 19.3 Å². The molecule has 4 aromatic rings. The molecule has 4 heterocycles. The number of phenolic OH excluding ortho intramolecular Hbond substituents is 1. The van der Waals surface area contributed by atoms with E-state index >= 15 is 0 Å². The molecule has 1 fully saturated rings. The van der Waals surface area contributed by atoms with Gasteiger partial charge in [0, 0.05) is 67.0 Å². The Morgan fingerprint density at radius 3 is 2.47 bits per heavy atom. The van der Waals surface area contributed by atoms with Crippen LogP contribution in [0.15, 0.2) is 67.1 Å². The second kappa shape index (κ2) is 14.3. The van der Waals surface area contributed by atoms with Crippen molar-refractivity contribution in [3.05, 3.63) is 84.1 Å². The van der Waals surface area contributed by atoms with Gasteiger partial charge in [-0.1, -0.05) is 12.1 Å². The summed E-state index contributed by atoms with van der Waals surface area (Å²) < 4.78 is 11.2. The van der Waals surface area contributed by atoms with Crippen molar-refractivity contribution in [2.24, 2.45) is 0 Å². The molecule has 1 aromatic carbocycles. The summed E-state index contributed by atoms with van der Waals surface area (Å²) in [7, 11) is 3.11. The van der Waals surface area contributed by atoms with Gasteiger partial charge >= 0.3 is 0 Å². The molecule has 0 bridgehead atoms. The molecule has 1 amide bonds. The smallest absolute Gasteiger partial charge is 0.267 e. The highest BCUT2D eigenvalue weighted by Gasteiger charge is 2.26. The first-order chi connectivity index (χ1) is 21.9. The number of carbonyl (C=O) groups excluding carboxylic acids is 1. The number of methoxy groups -OCH3 is 2. The topological polar surface area (TPSA) is 166 Å². The van der Waals surface area contributed by atoms with Gasteiger partial charge in [0.25, 0.3) is 5.91 Å². The molecule has 0 atom stereocenters. The van der Waals surface area contributed by atoms with E-state index in [2.05, 4.69) is 26.3 Å². The second-order valence-electron chi connectivity index (χ2n) is 10.4. The number of aromatic hydroxyl groups is 1. The number of nitrogens with one attached hydrogen (secondary N) is 2. The lowest BCUT2D eigenvalue weighted by molar-refractivity contribution is -0.124. The van der Waals surface area contributed by atoms with E-state index in [0.717, 1.165) is 53.7 Å². The molecule has 0 unspecified atom stereocenters. The number of hydrogen-bond donors (Lipinski definition) is 4. The number of ether oxygens (including phenoxy) is 2. The average Bonchev–Trinajstić information content (AvgIpc) is 3.09. The number of piperidine rings is 1. The first-order valence-electron chi connectivity index (χ1n) is 14.3. The standard InChI is InChI=1S/C33H33N7O5/c1-44-29-9-5-22(15-28(29)41)27-20-38-33(32(45-2)31(27)23-4-7-26(16-34)37-19-23)40-13-11-25(12-14-40)36-18-21-3-6-24(35-17-21)8-10-30(42)39-43/h3-10,15,17,19-20,25,36,41,43H,11-14,18H2,1-2H3,(H,39,42)/b10-8+. The summed E-state index contributed by atoms with van der Waals surface area (Å²) in [6, 6.07) is 14.8. The second-order valence-corrected chi connectivity index (χ2v) is 10.4. The molecule has 1 aliphatic rings. The molecule has 0 saturated carbocycles. The van der Waals surface area contributed by atoms with Crippen molar-refractivity contribution in [1.82, 2.24) is 25.7 Å². The van der Waals surface area contributed by atoms with Crippen molar-refractivity contribution in [1.29, 1.82) is 5.26 Å². The largest absolute Gasteiger partial charge is 0.504 e. The third-order valence-corrected chi connectivity index (χ3v) is 7.63. The summed E-state index contributed by atoms with van der Waals surface area (Å²) in [6.07, 6.45) is 9.69. The molecule has 1 saturated heterocycles. The summed E-state index contributed by atoms with van der Waals surface area (Å²) in [5.41, 5.74) is 6.46. The van der Waals surface area contributed by atoms with Crippen molar-refractivity contribution in [2.45, 2.75) is 25.4 Å². The fourth-order valence-corrected chi connectivity index (χ4v) is 5.27. The Balaban J connectivity index is 1.34. The molecule has 12 heteroatoms. The SMILES string of the molecule is COc1ccc(-c2cnc(N3CCC(NCc4ccc(/C=C/C(=O)NO)nc4)CC3)c(OC)c2-c2ccc(C#N)nc2)cc1O. The third-order valence-electron chi connectivity index (χ3n) is 7.63. The van der Waals surface area contributed by atoms with Gasteiger partial charge in [-0.05, 0) is 60.4 Å². The van der Waals surface area contributed by atoms with Crippen LogP contribution in [0.5, 0.6) is 17.2 Å². The molecule has 45 heavy (non-hydrogen) atoms. The molecular weight excluding hydrogens is 574 g/mol. The van der Waals surface area contributed by atoms with Crippen LogP contribution in [0.3, 0.4) is 0 Å². The average molecular weight is 608 g/mol. The zero-order valence-electron chi connectivity index (χ0n) is 24.9. The minimum atomic E-state index is -0.613. The van der Waals surface area contributed by atoms with Crippen LogP contribution < -0.4 is 25.2 Å². The number of nitriles is 1. The molecule has 0 radical (unpaired) electrons. The van der Waals surface area contributed by atoms with E-state index < -0.39 is 5.91 Å². The van der Waals surface area contributed by atoms with E-state index in [1.807, 2.05) is 24.3 Å². The number of rotatable bonds is 10. The summed E-state index contributed by atoms with van der Waals surface area (Å²) in [5, 5.41) is 32.0. The number of benzene rings is 1. The van der Waals surface area contributed by atoms with Gasteiger partial charge in [0.1, 0.15) is 11.8 Å². The number of pyridine rings is 3. The predicted molar refractivity (Wildman–Crippen MR) is 168 cm³/mol. The lowest BCUT2D eigenvalue weighted by atomic mass is 9.95. The highest BCUT2D eigenvalue weighted by atomic mass is 16.5. The van der Waals surface area contributed by atoms with Crippen molar-refractivity contribution in [3.63, 3.8) is 0 Å². The lowest BCUT2D eigenvalue weighted by Gasteiger charge is -2.34. The van der Waals surface area contributed by atoms with Crippen LogP contribution in [0.4, 0.5) is 5.82 Å². The van der Waals surface area contributed by atoms with Gasteiger partial charge in [-0.3, -0.25) is 15.0 Å². The molecule has 12 nitrogen and oxygen atoms in total. The van der Waals surface area contributed by atoms with Crippen LogP contribution in [0.1, 0.15) is 29.8 Å². The molecule has 0 aliphatic carbocycles. The van der Waals surface area contributed by atoms with E-state index in [0.29, 0.717) is 41.3 Å². The number of phenols is 1. The van der Waals surface area contributed by atoms with E-state index in [9.17, 15) is 15.2 Å². The fraction of sp³-hybridized carbons (Fsp3) is 0.242. The number of nitrogens with zero attached hydrogens (tertiary/aromatic N) is 5. The Hall–Kier alpha value is -5.51. The van der Waals surface area contributed by atoms with Crippen molar-refractivity contribution in [2.75, 3.05) is 32.2 Å². The van der Waals surface area contributed by atoms with Crippen molar-refractivity contribution in [3.8, 4) is 45.6 Å². The highest BCUT2D eigenvalue weighted by Crippen LogP contribution is 2.45. The monoisotopic (exact) mass is 607 g/mol. The first-order valence-corrected chi connectivity index (χ1v) is 14.3. The minimum Gasteiger partial charge on any atom is -0.504 e. The van der Waals surface area contributed by atoms with Crippen LogP contribution >= 0.6 is 0 Å². The molecular formula is C33H33N7O5. The van der Waals surface area contributed by atoms with Gasteiger partial charge in [-0.25, -0.2) is 15.4 Å². The zero-order valence-corrected chi connectivity index (χ0v) is 24.9. The maximum Gasteiger partial charge on any atom is 0.267 e. The number of carbonyl (C=O) groups is 1. The van der Waals surface area contributed by atoms with Gasteiger partial charge in [-0.2, -0.15) is 5.26 Å². The quantitative estimate of drug-likeness (QED) is 0.117. The van der Waals surface area contributed by atoms with Crippen LogP contribution in [-0.4, -0.2) is 64.5 Å². The Morgan fingerprint density at radius 1 is 1.04 bits per heavy atom. The van der Waals surface area contributed by atoms with Crippen LogP contribution in [0.25, 0.3) is 28.3 Å². The first kappa shape index (κ1) is 30.9. The third kappa shape index (κ3) is 7.18. The maximum absolute atomic E-state index is 11.2. The predicted octanol–water partition coefficient (Wildman–Crippen LogP) is 4.08. The maximum atomic E-state index is 11.2. The van der Waals surface area contributed by atoms with Gasteiger partial charge < -0.3 is 24.8 Å². The van der Waals surface area contributed by atoms with E-state index in [-0.39, 0.29) is 5.75 Å². The molecule has 0 spiro atoms. The van der Waals surface area contributed by atoms with Crippen LogP contribution in [0.2, 0.25) is 0 Å². The van der Waals surface area contributed by atoms with Crippen LogP contribution in [0, 0.1) is 11.3 Å². The Kier molecular flexibility index (Phi) is 9.83. The summed E-state index contributed by atoms with van der Waals surface area (Å²) in [5.74, 6) is 1.05. The molecule has 5 rings (SSSR count). The number of anilines is 1. The van der Waals surface area contributed by atoms with Gasteiger partial charge in [-0.15, -0.1) is 0 Å². The molecule has 230 valence electrons. The van der Waals surface area contributed by atoms with Gasteiger partial charge in [0.15, 0.2) is 23.1 Å². The number of amides is 1. The molecule has 1 aliphatic heterocycles. The van der Waals surface area contributed by atoms with E-state index in [1.54, 1.807) is 49.4 Å². The Labute approximate surface area is 260 Å². The van der Waals surface area contributed by atoms with Crippen molar-refractivity contribution >= 4 is 17.8 Å². The van der Waals surface area contributed by atoms with Crippen molar-refractivity contribution < 1.29 is 24.6 Å². The van der Waals surface area contributed by atoms with Gasteiger partial charge in [0.2, 0.25) is 0 Å². The number of hydroxylamine groups is 1. The fourth-order valence-electron chi connectivity index (χ4n) is 5.27. The zero-order chi connectivity index (χ0) is 31.8. The normalized spacial score (nSPS) is 13.4. The highest BCUT2D eigenvalue weighted by molar-refractivity contribution is 5.91. The Morgan fingerprint density at radius 2 is 1.84 bits per heavy atom. The summed E-state index contributed by atoms with van der Waals surface area (Å²) in [6.45, 7) is 2.16. The Bertz CT molecular complexity index is 1710. The van der Waals surface area contributed by atoms with E-state index in [4.69, 9.17) is 19.7 Å².